The molecule has 22 heavy (non-hydrogen) atoms. The molecule has 112 valence electrons. The SMILES string of the molecule is c1cc2ccc3ccc[n+]4c3c2[n+](c1)[At]4NC1CCCCC1. The monoisotopic (exact) mass is 488 g/mol. The third kappa shape index (κ3) is 1.93. The van der Waals surface area contributed by atoms with Crippen molar-refractivity contribution in [2.45, 2.75) is 38.1 Å². The Morgan fingerprint density at radius 1 is 0.818 bits per heavy atom. The van der Waals surface area contributed by atoms with Crippen LogP contribution < -0.4 is 8.28 Å². The van der Waals surface area contributed by atoms with Gasteiger partial charge in [-0.2, -0.15) is 0 Å². The summed E-state index contributed by atoms with van der Waals surface area (Å²) in [5.74, 6) is 0. The van der Waals surface area contributed by atoms with Crippen LogP contribution in [0.15, 0.2) is 48.8 Å². The van der Waals surface area contributed by atoms with E-state index in [4.69, 9.17) is 0 Å². The van der Waals surface area contributed by atoms with Gasteiger partial charge in [-0.05, 0) is 0 Å². The molecule has 5 rings (SSSR count). The van der Waals surface area contributed by atoms with Crippen LogP contribution in [0.5, 0.6) is 0 Å². The fourth-order valence-electron chi connectivity index (χ4n) is 3.73. The summed E-state index contributed by atoms with van der Waals surface area (Å²) in [4.78, 5) is 0. The predicted octanol–water partition coefficient (Wildman–Crippen LogP) is 2.57. The van der Waals surface area contributed by atoms with Crippen molar-refractivity contribution in [1.82, 2.24) is 3.26 Å². The third-order valence-corrected chi connectivity index (χ3v) is 11.7. The van der Waals surface area contributed by atoms with Crippen molar-refractivity contribution in [3.05, 3.63) is 48.8 Å². The van der Waals surface area contributed by atoms with Gasteiger partial charge in [-0.3, -0.25) is 0 Å². The second-order valence-corrected chi connectivity index (χ2v) is 11.9. The Labute approximate surface area is 139 Å². The second-order valence-electron chi connectivity index (χ2n) is 6.27. The first-order chi connectivity index (χ1) is 10.9. The number of hydrogen-bond donors (Lipinski definition) is 1. The van der Waals surface area contributed by atoms with Crippen LogP contribution >= 0.6 is 0 Å². The molecule has 1 fully saturated rings. The van der Waals surface area contributed by atoms with Crippen LogP contribution in [0.25, 0.3) is 21.8 Å². The number of nitrogens with one attached hydrogen (secondary N) is 1. The van der Waals surface area contributed by atoms with Crippen molar-refractivity contribution in [2.75, 3.05) is 0 Å². The van der Waals surface area contributed by atoms with Crippen molar-refractivity contribution in [2.24, 2.45) is 0 Å². The summed E-state index contributed by atoms with van der Waals surface area (Å²) < 4.78 is 9.28. The molecule has 1 aliphatic carbocycles. The zero-order valence-corrected chi connectivity index (χ0v) is 15.4. The van der Waals surface area contributed by atoms with E-state index in [1.165, 1.54) is 53.9 Å². The molecular formula is C18H20AtN3+2. The maximum atomic E-state index is 4.10. The topological polar surface area (TPSA) is 19.8 Å². The molecule has 0 saturated heterocycles. The van der Waals surface area contributed by atoms with Gasteiger partial charge in [0.25, 0.3) is 0 Å². The third-order valence-electron chi connectivity index (χ3n) is 4.83. The molecule has 1 N–H and O–H groups in total. The van der Waals surface area contributed by atoms with Gasteiger partial charge >= 0.3 is 140 Å². The predicted molar refractivity (Wildman–Crippen MR) is 82.6 cm³/mol. The van der Waals surface area contributed by atoms with Gasteiger partial charge in [0.2, 0.25) is 0 Å². The van der Waals surface area contributed by atoms with Gasteiger partial charge in [-0.15, -0.1) is 0 Å². The van der Waals surface area contributed by atoms with Crippen molar-refractivity contribution < 1.29 is 27.6 Å². The van der Waals surface area contributed by atoms with Gasteiger partial charge in [0, 0.05) is 0 Å². The normalized spacial score (nSPS) is 19.5. The second kappa shape index (κ2) is 5.21. The zero-order chi connectivity index (χ0) is 14.5. The molecule has 3 aromatic rings. The van der Waals surface area contributed by atoms with Crippen molar-refractivity contribution in [3.63, 3.8) is 0 Å². The van der Waals surface area contributed by atoms with Crippen LogP contribution in [-0.4, -0.2) is 6.04 Å². The van der Waals surface area contributed by atoms with Crippen LogP contribution in [0, 0.1) is 22.6 Å². The van der Waals surface area contributed by atoms with E-state index < -0.39 is 22.6 Å². The summed E-state index contributed by atoms with van der Waals surface area (Å²) in [6, 6.07) is 14.2. The molecule has 0 spiro atoms. The molecule has 0 unspecified atom stereocenters. The molecule has 2 aromatic heterocycles. The summed E-state index contributed by atoms with van der Waals surface area (Å²) >= 11 is -1.97. The number of nitrogens with zero attached hydrogens (tertiary/aromatic N) is 2. The van der Waals surface area contributed by atoms with E-state index in [1.807, 2.05) is 0 Å². The summed E-state index contributed by atoms with van der Waals surface area (Å²) in [7, 11) is 0. The fourth-order valence-corrected chi connectivity index (χ4v) is 11.1. The van der Waals surface area contributed by atoms with Gasteiger partial charge in [0.15, 0.2) is 0 Å². The molecule has 3 heterocycles. The first-order valence-corrected chi connectivity index (χ1v) is 12.3. The average Bonchev–Trinajstić information content (AvgIpc) is 2.90. The quantitative estimate of drug-likeness (QED) is 0.550. The Morgan fingerprint density at radius 3 is 2.00 bits per heavy atom. The standard InChI is InChI=1S/C18H20AtN3/c1-2-8-16(9-3-1)20-19-21-12-4-6-14-10-11-15-7-5-13-22(19)18(15)17(14)21/h4-7,10-13,16,20H,1-3,8-9H2/q+2. The zero-order valence-electron chi connectivity index (χ0n) is 12.5. The fraction of sp³-hybridized carbons (Fsp3) is 0.333. The Hall–Kier alpha value is -1.12. The van der Waals surface area contributed by atoms with Crippen molar-refractivity contribution in [3.8, 4) is 0 Å². The molecule has 1 saturated carbocycles. The molecular weight excluding hydrogens is 468 g/mol. The minimum absolute atomic E-state index is 0.720. The Bertz CT molecular complexity index is 808. The Kier molecular flexibility index (Phi) is 3.16. The molecule has 2 aliphatic rings. The van der Waals surface area contributed by atoms with Crippen LogP contribution in [0.2, 0.25) is 0 Å². The number of aromatic nitrogens is 2. The van der Waals surface area contributed by atoms with Gasteiger partial charge in [-0.25, -0.2) is 0 Å². The molecule has 0 atom stereocenters. The van der Waals surface area contributed by atoms with Crippen LogP contribution in [-0.2, 0) is 0 Å². The average molecular weight is 488 g/mol. The number of pyridine rings is 2. The minimum atomic E-state index is -1.97. The van der Waals surface area contributed by atoms with E-state index in [-0.39, 0.29) is 0 Å². The molecule has 0 bridgehead atoms. The Morgan fingerprint density at radius 2 is 1.41 bits per heavy atom. The van der Waals surface area contributed by atoms with Gasteiger partial charge in [-0.1, -0.05) is 0 Å². The number of benzene rings is 1. The van der Waals surface area contributed by atoms with Crippen molar-refractivity contribution >= 4 is 21.8 Å². The van der Waals surface area contributed by atoms with E-state index in [0.717, 1.165) is 6.04 Å². The van der Waals surface area contributed by atoms with Crippen molar-refractivity contribution in [1.29, 1.82) is 0 Å². The van der Waals surface area contributed by atoms with Gasteiger partial charge < -0.3 is 0 Å². The van der Waals surface area contributed by atoms with Gasteiger partial charge in [0.1, 0.15) is 0 Å². The molecule has 1 aromatic carbocycles. The first-order valence-electron chi connectivity index (χ1n) is 8.17. The molecule has 4 heteroatoms. The van der Waals surface area contributed by atoms with E-state index in [2.05, 4.69) is 57.1 Å². The summed E-state index contributed by atoms with van der Waals surface area (Å²) in [6.07, 6.45) is 11.5. The molecule has 3 nitrogen and oxygen atoms in total. The Balaban J connectivity index is 1.68. The van der Waals surface area contributed by atoms with E-state index in [1.54, 1.807) is 0 Å². The van der Waals surface area contributed by atoms with E-state index in [0.29, 0.717) is 0 Å². The van der Waals surface area contributed by atoms with Gasteiger partial charge in [0.05, 0.1) is 0 Å². The number of hydrogen-bond acceptors (Lipinski definition) is 1. The summed E-state index contributed by atoms with van der Waals surface area (Å²) in [5, 5.41) is 2.74. The summed E-state index contributed by atoms with van der Waals surface area (Å²) in [6.45, 7) is 0. The van der Waals surface area contributed by atoms with Crippen LogP contribution in [0.4, 0.5) is 0 Å². The maximum absolute atomic E-state index is 4.10. The molecule has 0 amide bonds. The molecule has 0 radical (unpaired) electrons. The van der Waals surface area contributed by atoms with Crippen LogP contribution in [0.1, 0.15) is 32.1 Å². The van der Waals surface area contributed by atoms with Crippen LogP contribution in [0.3, 0.4) is 0 Å². The van der Waals surface area contributed by atoms with E-state index >= 15 is 0 Å². The number of rotatable bonds is 2. The van der Waals surface area contributed by atoms with E-state index in [9.17, 15) is 0 Å². The summed E-state index contributed by atoms with van der Waals surface area (Å²) in [5.41, 5.74) is 2.88. The molecule has 1 aliphatic heterocycles. The first kappa shape index (κ1) is 13.3.